The number of nitrogens with zero attached hydrogens (tertiary/aromatic N) is 1. The van der Waals surface area contributed by atoms with Crippen LogP contribution in [0.15, 0.2) is 60.7 Å². The lowest BCUT2D eigenvalue weighted by atomic mass is 9.78. The molecule has 0 bridgehead atoms. The number of hydrogen-bond acceptors (Lipinski definition) is 6. The third-order valence-electron chi connectivity index (χ3n) is 6.02. The summed E-state index contributed by atoms with van der Waals surface area (Å²) >= 11 is 0. The SMILES string of the molecule is CCOc1ccc(NC(=O)COC(=O)c2ccc(N3C(=O)[C@@H]4[C@@H](C)C=CC[C@H]4C3=O)cc2)cc1. The number of benzene rings is 2. The standard InChI is InChI=1S/C26H26N2O6/c1-3-33-20-13-9-18(10-14-20)27-22(29)15-34-26(32)17-7-11-19(12-8-17)28-24(30)21-6-4-5-16(2)23(21)25(28)31/h4-5,7-14,16,21,23H,3,6,15H2,1-2H3,(H,27,29)/t16-,21+,23+/m0/s1. The third-order valence-corrected chi connectivity index (χ3v) is 6.02. The first-order valence-corrected chi connectivity index (χ1v) is 11.2. The van der Waals surface area contributed by atoms with Gasteiger partial charge in [0.15, 0.2) is 6.61 Å². The van der Waals surface area contributed by atoms with Crippen molar-refractivity contribution in [2.75, 3.05) is 23.4 Å². The van der Waals surface area contributed by atoms with E-state index in [1.807, 2.05) is 26.0 Å². The highest BCUT2D eigenvalue weighted by Gasteiger charge is 2.50. The smallest absolute Gasteiger partial charge is 0.338 e. The maximum atomic E-state index is 12.9. The number of carbonyl (C=O) groups is 4. The maximum absolute atomic E-state index is 12.9. The second-order valence-corrected chi connectivity index (χ2v) is 8.30. The highest BCUT2D eigenvalue weighted by Crippen LogP contribution is 2.40. The molecule has 1 aliphatic carbocycles. The molecule has 34 heavy (non-hydrogen) atoms. The number of imide groups is 1. The summed E-state index contributed by atoms with van der Waals surface area (Å²) in [6, 6.07) is 12.9. The predicted molar refractivity (Wildman–Crippen MR) is 125 cm³/mol. The summed E-state index contributed by atoms with van der Waals surface area (Å²) in [7, 11) is 0. The number of allylic oxidation sites excluding steroid dienone is 2. The molecule has 8 nitrogen and oxygen atoms in total. The molecule has 2 aromatic rings. The molecular formula is C26H26N2O6. The van der Waals surface area contributed by atoms with Crippen molar-refractivity contribution >= 4 is 35.1 Å². The van der Waals surface area contributed by atoms with Gasteiger partial charge in [0.1, 0.15) is 5.75 Å². The number of anilines is 2. The fourth-order valence-corrected chi connectivity index (χ4v) is 4.36. The Labute approximate surface area is 197 Å². The van der Waals surface area contributed by atoms with Crippen molar-refractivity contribution in [2.45, 2.75) is 20.3 Å². The Kier molecular flexibility index (Phi) is 6.77. The monoisotopic (exact) mass is 462 g/mol. The average molecular weight is 463 g/mol. The van der Waals surface area contributed by atoms with Gasteiger partial charge in [-0.1, -0.05) is 19.1 Å². The number of amides is 3. The van der Waals surface area contributed by atoms with Crippen LogP contribution < -0.4 is 15.0 Å². The fourth-order valence-electron chi connectivity index (χ4n) is 4.36. The van der Waals surface area contributed by atoms with E-state index in [0.717, 1.165) is 0 Å². The second-order valence-electron chi connectivity index (χ2n) is 8.30. The van der Waals surface area contributed by atoms with Gasteiger partial charge in [0.25, 0.3) is 5.91 Å². The molecule has 4 rings (SSSR count). The van der Waals surface area contributed by atoms with Crippen molar-refractivity contribution in [3.63, 3.8) is 0 Å². The van der Waals surface area contributed by atoms with E-state index in [0.29, 0.717) is 30.2 Å². The Morgan fingerprint density at radius 2 is 1.74 bits per heavy atom. The molecule has 0 saturated carbocycles. The molecule has 3 amide bonds. The van der Waals surface area contributed by atoms with Gasteiger partial charge in [0.2, 0.25) is 11.8 Å². The number of esters is 1. The minimum Gasteiger partial charge on any atom is -0.494 e. The highest BCUT2D eigenvalue weighted by atomic mass is 16.5. The van der Waals surface area contributed by atoms with E-state index in [1.165, 1.54) is 17.0 Å². The van der Waals surface area contributed by atoms with Crippen LogP contribution in [0.25, 0.3) is 0 Å². The molecule has 1 saturated heterocycles. The molecule has 176 valence electrons. The molecular weight excluding hydrogens is 436 g/mol. The Morgan fingerprint density at radius 1 is 1.03 bits per heavy atom. The molecule has 0 unspecified atom stereocenters. The van der Waals surface area contributed by atoms with Crippen molar-refractivity contribution in [3.8, 4) is 5.75 Å². The molecule has 2 aromatic carbocycles. The van der Waals surface area contributed by atoms with Crippen molar-refractivity contribution in [1.29, 1.82) is 0 Å². The zero-order chi connectivity index (χ0) is 24.2. The van der Waals surface area contributed by atoms with E-state index >= 15 is 0 Å². The zero-order valence-electron chi connectivity index (χ0n) is 19.0. The van der Waals surface area contributed by atoms with E-state index < -0.39 is 18.5 Å². The first-order chi connectivity index (χ1) is 16.4. The molecule has 1 N–H and O–H groups in total. The highest BCUT2D eigenvalue weighted by molar-refractivity contribution is 6.22. The quantitative estimate of drug-likeness (QED) is 0.383. The molecule has 3 atom stereocenters. The molecule has 1 fully saturated rings. The largest absolute Gasteiger partial charge is 0.494 e. The van der Waals surface area contributed by atoms with E-state index in [2.05, 4.69) is 5.32 Å². The van der Waals surface area contributed by atoms with Crippen LogP contribution in [0.3, 0.4) is 0 Å². The predicted octanol–water partition coefficient (Wildman–Crippen LogP) is 3.58. The first kappa shape index (κ1) is 23.2. The average Bonchev–Trinajstić information content (AvgIpc) is 3.10. The molecule has 1 aliphatic heterocycles. The molecule has 8 heteroatoms. The van der Waals surface area contributed by atoms with Crippen LogP contribution in [-0.4, -0.2) is 36.9 Å². The van der Waals surface area contributed by atoms with Crippen molar-refractivity contribution in [3.05, 3.63) is 66.2 Å². The topological polar surface area (TPSA) is 102 Å². The van der Waals surface area contributed by atoms with Gasteiger partial charge in [-0.3, -0.25) is 19.3 Å². The fraction of sp³-hybridized carbons (Fsp3) is 0.308. The third kappa shape index (κ3) is 4.71. The lowest BCUT2D eigenvalue weighted by molar-refractivity contribution is -0.123. The molecule has 0 radical (unpaired) electrons. The summed E-state index contributed by atoms with van der Waals surface area (Å²) in [5.41, 5.74) is 1.18. The van der Waals surface area contributed by atoms with Crippen LogP contribution in [-0.2, 0) is 19.1 Å². The Hall–Kier alpha value is -3.94. The maximum Gasteiger partial charge on any atom is 0.338 e. The minimum absolute atomic E-state index is 0.00297. The van der Waals surface area contributed by atoms with Gasteiger partial charge < -0.3 is 14.8 Å². The normalized spacial score (nSPS) is 21.2. The second kappa shape index (κ2) is 9.91. The number of rotatable bonds is 7. The van der Waals surface area contributed by atoms with E-state index in [1.54, 1.807) is 36.4 Å². The van der Waals surface area contributed by atoms with E-state index in [9.17, 15) is 19.2 Å². The molecule has 1 heterocycles. The van der Waals surface area contributed by atoms with Gasteiger partial charge >= 0.3 is 5.97 Å². The zero-order valence-corrected chi connectivity index (χ0v) is 19.0. The van der Waals surface area contributed by atoms with Gasteiger partial charge in [0.05, 0.1) is 29.7 Å². The van der Waals surface area contributed by atoms with Crippen LogP contribution in [0.1, 0.15) is 30.6 Å². The number of ether oxygens (including phenoxy) is 2. The van der Waals surface area contributed by atoms with Gasteiger partial charge in [-0.25, -0.2) is 4.79 Å². The molecule has 2 aliphatic rings. The Balaban J connectivity index is 1.33. The van der Waals surface area contributed by atoms with Gasteiger partial charge in [-0.2, -0.15) is 0 Å². The summed E-state index contributed by atoms with van der Waals surface area (Å²) in [6.45, 7) is 3.91. The Bertz CT molecular complexity index is 1120. The summed E-state index contributed by atoms with van der Waals surface area (Å²) in [6.07, 6.45) is 4.48. The van der Waals surface area contributed by atoms with Gasteiger partial charge in [0, 0.05) is 5.69 Å². The van der Waals surface area contributed by atoms with Crippen LogP contribution in [0.4, 0.5) is 11.4 Å². The van der Waals surface area contributed by atoms with Crippen molar-refractivity contribution in [2.24, 2.45) is 17.8 Å². The summed E-state index contributed by atoms with van der Waals surface area (Å²) in [4.78, 5) is 51.4. The van der Waals surface area contributed by atoms with E-state index in [-0.39, 0.29) is 35.1 Å². The number of fused-ring (bicyclic) bond motifs is 1. The van der Waals surface area contributed by atoms with Crippen molar-refractivity contribution < 1.29 is 28.7 Å². The van der Waals surface area contributed by atoms with Gasteiger partial charge in [-0.05, 0) is 67.8 Å². The number of carbonyl (C=O) groups excluding carboxylic acids is 4. The molecule has 0 aromatic heterocycles. The summed E-state index contributed by atoms with van der Waals surface area (Å²) in [5, 5.41) is 2.64. The van der Waals surface area contributed by atoms with Crippen LogP contribution >= 0.6 is 0 Å². The molecule has 0 spiro atoms. The summed E-state index contributed by atoms with van der Waals surface area (Å²) in [5.74, 6) is -1.59. The van der Waals surface area contributed by atoms with Crippen LogP contribution in [0.2, 0.25) is 0 Å². The number of hydrogen-bond donors (Lipinski definition) is 1. The lowest BCUT2D eigenvalue weighted by Gasteiger charge is -2.22. The first-order valence-electron chi connectivity index (χ1n) is 11.2. The van der Waals surface area contributed by atoms with Crippen LogP contribution in [0.5, 0.6) is 5.75 Å². The minimum atomic E-state index is -0.682. The van der Waals surface area contributed by atoms with E-state index in [4.69, 9.17) is 9.47 Å². The lowest BCUT2D eigenvalue weighted by Crippen LogP contribution is -2.31. The van der Waals surface area contributed by atoms with Crippen molar-refractivity contribution in [1.82, 2.24) is 0 Å². The summed E-state index contributed by atoms with van der Waals surface area (Å²) < 4.78 is 10.4. The Morgan fingerprint density at radius 3 is 2.38 bits per heavy atom. The van der Waals surface area contributed by atoms with Crippen LogP contribution in [0, 0.1) is 17.8 Å². The number of nitrogens with one attached hydrogen (secondary N) is 1. The van der Waals surface area contributed by atoms with Gasteiger partial charge in [-0.15, -0.1) is 0 Å².